The number of hydrogen-bond donors (Lipinski definition) is 0. The molecular formula is C19H25N3O. The van der Waals surface area contributed by atoms with Gasteiger partial charge in [-0.2, -0.15) is 0 Å². The monoisotopic (exact) mass is 311 g/mol. The molecule has 4 heteroatoms. The molecule has 0 aliphatic carbocycles. The number of likely N-dealkylation sites (N-methyl/N-ethyl adjacent to an activating group) is 1. The third-order valence-electron chi connectivity index (χ3n) is 5.13. The molecule has 0 spiro atoms. The molecule has 0 saturated carbocycles. The molecule has 23 heavy (non-hydrogen) atoms. The quantitative estimate of drug-likeness (QED) is 0.853. The molecule has 1 aliphatic rings. The van der Waals surface area contributed by atoms with Gasteiger partial charge in [-0.3, -0.25) is 9.69 Å². The fraction of sp³-hybridized carbons (Fsp3) is 0.421. The Balaban J connectivity index is 1.83. The smallest absolute Gasteiger partial charge is 0.255 e. The number of benzene rings is 1. The van der Waals surface area contributed by atoms with Gasteiger partial charge >= 0.3 is 0 Å². The van der Waals surface area contributed by atoms with Gasteiger partial charge < -0.3 is 9.47 Å². The van der Waals surface area contributed by atoms with Crippen molar-refractivity contribution in [2.75, 3.05) is 26.7 Å². The molecule has 2 heterocycles. The first-order valence-electron chi connectivity index (χ1n) is 8.16. The molecule has 1 atom stereocenters. The first-order chi connectivity index (χ1) is 11.0. The van der Waals surface area contributed by atoms with Crippen molar-refractivity contribution in [3.05, 3.63) is 58.9 Å². The van der Waals surface area contributed by atoms with Crippen molar-refractivity contribution >= 4 is 5.91 Å². The van der Waals surface area contributed by atoms with Crippen LogP contribution in [0.5, 0.6) is 0 Å². The molecule has 1 aromatic carbocycles. The van der Waals surface area contributed by atoms with Crippen LogP contribution >= 0.6 is 0 Å². The summed E-state index contributed by atoms with van der Waals surface area (Å²) in [7, 11) is 4.15. The van der Waals surface area contributed by atoms with Gasteiger partial charge in [0.05, 0.1) is 11.6 Å². The maximum atomic E-state index is 13.0. The topological polar surface area (TPSA) is 28.5 Å². The molecule has 1 amide bonds. The van der Waals surface area contributed by atoms with Crippen molar-refractivity contribution < 1.29 is 4.79 Å². The highest BCUT2D eigenvalue weighted by Crippen LogP contribution is 2.25. The Labute approximate surface area is 138 Å². The van der Waals surface area contributed by atoms with E-state index in [2.05, 4.69) is 40.8 Å². The summed E-state index contributed by atoms with van der Waals surface area (Å²) < 4.78 is 2.08. The molecule has 0 N–H and O–H groups in total. The second-order valence-corrected chi connectivity index (χ2v) is 6.50. The van der Waals surface area contributed by atoms with Crippen LogP contribution in [-0.4, -0.2) is 47.0 Å². The maximum absolute atomic E-state index is 13.0. The molecule has 1 aliphatic heterocycles. The van der Waals surface area contributed by atoms with Gasteiger partial charge in [-0.05, 0) is 32.5 Å². The maximum Gasteiger partial charge on any atom is 0.255 e. The van der Waals surface area contributed by atoms with Crippen LogP contribution in [0.15, 0.2) is 36.4 Å². The predicted octanol–water partition coefficient (Wildman–Crippen LogP) is 2.77. The third-order valence-corrected chi connectivity index (χ3v) is 5.13. The zero-order chi connectivity index (χ0) is 16.6. The van der Waals surface area contributed by atoms with Crippen LogP contribution in [0.1, 0.15) is 33.4 Å². The zero-order valence-corrected chi connectivity index (χ0v) is 14.4. The molecule has 122 valence electrons. The molecule has 4 nitrogen and oxygen atoms in total. The van der Waals surface area contributed by atoms with E-state index in [4.69, 9.17) is 0 Å². The highest BCUT2D eigenvalue weighted by atomic mass is 16.2. The van der Waals surface area contributed by atoms with Gasteiger partial charge in [-0.25, -0.2) is 0 Å². The van der Waals surface area contributed by atoms with Crippen LogP contribution in [-0.2, 0) is 7.05 Å². The van der Waals surface area contributed by atoms with E-state index in [1.54, 1.807) is 0 Å². The first kappa shape index (κ1) is 15.8. The van der Waals surface area contributed by atoms with Crippen LogP contribution in [0.3, 0.4) is 0 Å². The minimum Gasteiger partial charge on any atom is -0.351 e. The van der Waals surface area contributed by atoms with Crippen molar-refractivity contribution in [3.8, 4) is 0 Å². The van der Waals surface area contributed by atoms with Crippen molar-refractivity contribution in [3.63, 3.8) is 0 Å². The number of amides is 1. The fourth-order valence-electron chi connectivity index (χ4n) is 3.34. The van der Waals surface area contributed by atoms with Gasteiger partial charge in [0, 0.05) is 38.1 Å². The van der Waals surface area contributed by atoms with Gasteiger partial charge in [-0.15, -0.1) is 0 Å². The number of rotatable bonds is 2. The van der Waals surface area contributed by atoms with Gasteiger partial charge in [-0.1, -0.05) is 30.3 Å². The molecular weight excluding hydrogens is 286 g/mol. The Morgan fingerprint density at radius 1 is 1.09 bits per heavy atom. The lowest BCUT2D eigenvalue weighted by molar-refractivity contribution is 0.0545. The Bertz CT molecular complexity index is 705. The van der Waals surface area contributed by atoms with E-state index in [0.717, 1.165) is 36.6 Å². The third kappa shape index (κ3) is 2.91. The lowest BCUT2D eigenvalue weighted by atomic mass is 10.0. The molecule has 1 fully saturated rings. The Kier molecular flexibility index (Phi) is 4.26. The molecule has 1 saturated heterocycles. The summed E-state index contributed by atoms with van der Waals surface area (Å²) in [5.41, 5.74) is 4.28. The van der Waals surface area contributed by atoms with Crippen LogP contribution in [0.2, 0.25) is 0 Å². The summed E-state index contributed by atoms with van der Waals surface area (Å²) in [6, 6.07) is 12.7. The molecule has 0 unspecified atom stereocenters. The Morgan fingerprint density at radius 2 is 1.78 bits per heavy atom. The van der Waals surface area contributed by atoms with Crippen LogP contribution < -0.4 is 0 Å². The summed E-state index contributed by atoms with van der Waals surface area (Å²) in [6.45, 7) is 6.49. The standard InChI is InChI=1S/C19H25N3O/c1-14-12-17(15(2)21(14)4)19(23)22-11-10-20(3)18(13-22)16-8-6-5-7-9-16/h5-9,12,18H,10-11,13H2,1-4H3/t18-/m1/s1. The second-order valence-electron chi connectivity index (χ2n) is 6.50. The van der Waals surface area contributed by atoms with Crippen molar-refractivity contribution in [2.45, 2.75) is 19.9 Å². The first-order valence-corrected chi connectivity index (χ1v) is 8.16. The largest absolute Gasteiger partial charge is 0.351 e. The average Bonchev–Trinajstić information content (AvgIpc) is 2.83. The molecule has 0 bridgehead atoms. The molecule has 0 radical (unpaired) electrons. The van der Waals surface area contributed by atoms with Gasteiger partial charge in [0.1, 0.15) is 0 Å². The number of nitrogens with zero attached hydrogens (tertiary/aromatic N) is 3. The second kappa shape index (κ2) is 6.20. The normalized spacial score (nSPS) is 19.1. The Morgan fingerprint density at radius 3 is 2.39 bits per heavy atom. The number of aromatic nitrogens is 1. The Hall–Kier alpha value is -2.07. The van der Waals surface area contributed by atoms with Gasteiger partial charge in [0.2, 0.25) is 0 Å². The highest BCUT2D eigenvalue weighted by molar-refractivity contribution is 5.95. The van der Waals surface area contributed by atoms with Crippen LogP contribution in [0.25, 0.3) is 0 Å². The zero-order valence-electron chi connectivity index (χ0n) is 14.4. The lowest BCUT2D eigenvalue weighted by Crippen LogP contribution is -2.49. The number of carbonyl (C=O) groups is 1. The summed E-state index contributed by atoms with van der Waals surface area (Å²) >= 11 is 0. The van der Waals surface area contributed by atoms with E-state index in [-0.39, 0.29) is 11.9 Å². The predicted molar refractivity (Wildman–Crippen MR) is 92.6 cm³/mol. The summed E-state index contributed by atoms with van der Waals surface area (Å²) in [5.74, 6) is 0.153. The molecule has 1 aromatic heterocycles. The van der Waals surface area contributed by atoms with E-state index in [1.165, 1.54) is 5.56 Å². The van der Waals surface area contributed by atoms with Crippen molar-refractivity contribution in [1.82, 2.24) is 14.4 Å². The van der Waals surface area contributed by atoms with Gasteiger partial charge in [0.25, 0.3) is 5.91 Å². The summed E-state index contributed by atoms with van der Waals surface area (Å²) in [5, 5.41) is 0. The minimum absolute atomic E-state index is 0.153. The lowest BCUT2D eigenvalue weighted by Gasteiger charge is -2.39. The van der Waals surface area contributed by atoms with E-state index in [1.807, 2.05) is 37.9 Å². The number of piperazine rings is 1. The van der Waals surface area contributed by atoms with E-state index in [9.17, 15) is 4.79 Å². The van der Waals surface area contributed by atoms with Crippen molar-refractivity contribution in [1.29, 1.82) is 0 Å². The van der Waals surface area contributed by atoms with Gasteiger partial charge in [0.15, 0.2) is 0 Å². The number of carbonyl (C=O) groups excluding carboxylic acids is 1. The van der Waals surface area contributed by atoms with Crippen LogP contribution in [0, 0.1) is 13.8 Å². The van der Waals surface area contributed by atoms with Crippen LogP contribution in [0.4, 0.5) is 0 Å². The highest BCUT2D eigenvalue weighted by Gasteiger charge is 2.30. The van der Waals surface area contributed by atoms with E-state index in [0.29, 0.717) is 0 Å². The number of aryl methyl sites for hydroxylation is 1. The van der Waals surface area contributed by atoms with Crippen molar-refractivity contribution in [2.24, 2.45) is 7.05 Å². The van der Waals surface area contributed by atoms with E-state index >= 15 is 0 Å². The number of hydrogen-bond acceptors (Lipinski definition) is 2. The fourth-order valence-corrected chi connectivity index (χ4v) is 3.34. The SMILES string of the molecule is Cc1cc(C(=O)N2CCN(C)[C@@H](c3ccccc3)C2)c(C)n1C. The summed E-state index contributed by atoms with van der Waals surface area (Å²) in [4.78, 5) is 17.3. The summed E-state index contributed by atoms with van der Waals surface area (Å²) in [6.07, 6.45) is 0. The minimum atomic E-state index is 0.153. The average molecular weight is 311 g/mol. The van der Waals surface area contributed by atoms with E-state index < -0.39 is 0 Å². The molecule has 3 rings (SSSR count). The molecule has 2 aromatic rings.